The summed E-state index contributed by atoms with van der Waals surface area (Å²) in [6.45, 7) is 3.68. The van der Waals surface area contributed by atoms with Crippen LogP contribution in [0.1, 0.15) is 52.4 Å². The van der Waals surface area contributed by atoms with Crippen molar-refractivity contribution in [1.29, 1.82) is 0 Å². The highest BCUT2D eigenvalue weighted by molar-refractivity contribution is 5.92. The van der Waals surface area contributed by atoms with Gasteiger partial charge in [-0.05, 0) is 39.5 Å². The molecule has 0 heterocycles. The average Bonchev–Trinajstić information content (AvgIpc) is 2.47. The Morgan fingerprint density at radius 3 is 1.40 bits per heavy atom. The molecule has 0 spiro atoms. The lowest BCUT2D eigenvalue weighted by Crippen LogP contribution is -2.18. The first-order chi connectivity index (χ1) is 9.52. The van der Waals surface area contributed by atoms with Gasteiger partial charge in [0, 0.05) is 25.2 Å². The lowest BCUT2D eigenvalue weighted by Gasteiger charge is -2.01. The summed E-state index contributed by atoms with van der Waals surface area (Å²) < 4.78 is 0. The molecule has 0 atom stereocenters. The van der Waals surface area contributed by atoms with Crippen molar-refractivity contribution in [3.8, 4) is 0 Å². The maximum absolute atomic E-state index is 11.2. The van der Waals surface area contributed by atoms with Crippen molar-refractivity contribution >= 4 is 11.8 Å². The number of amides is 2. The Morgan fingerprint density at radius 1 is 0.750 bits per heavy atom. The van der Waals surface area contributed by atoms with Crippen LogP contribution in [0.4, 0.5) is 0 Å². The second-order valence-electron chi connectivity index (χ2n) is 4.92. The van der Waals surface area contributed by atoms with Gasteiger partial charge < -0.3 is 10.6 Å². The molecule has 0 bridgehead atoms. The fourth-order valence-corrected chi connectivity index (χ4v) is 1.86. The number of carbonyl (C=O) groups is 2. The van der Waals surface area contributed by atoms with Crippen LogP contribution in [-0.4, -0.2) is 25.9 Å². The molecular weight excluding hydrogens is 252 g/mol. The minimum absolute atomic E-state index is 0.000173. The zero-order valence-electron chi connectivity index (χ0n) is 13.2. The molecule has 0 aliphatic heterocycles. The molecule has 2 amide bonds. The summed E-state index contributed by atoms with van der Waals surface area (Å²) in [4.78, 5) is 22.5. The number of nitrogens with one attached hydrogen (secondary N) is 2. The second-order valence-corrected chi connectivity index (χ2v) is 4.92. The molecule has 0 aromatic heterocycles. The zero-order valence-corrected chi connectivity index (χ0v) is 13.2. The summed E-state index contributed by atoms with van der Waals surface area (Å²) in [6.07, 6.45) is 10.4. The van der Waals surface area contributed by atoms with E-state index in [1.165, 1.54) is 0 Å². The van der Waals surface area contributed by atoms with Gasteiger partial charge in [0.1, 0.15) is 0 Å². The van der Waals surface area contributed by atoms with Gasteiger partial charge in [-0.15, -0.1) is 0 Å². The molecule has 0 unspecified atom stereocenters. The summed E-state index contributed by atoms with van der Waals surface area (Å²) in [7, 11) is 3.29. The predicted octanol–water partition coefficient (Wildman–Crippen LogP) is 2.71. The monoisotopic (exact) mass is 280 g/mol. The minimum atomic E-state index is -0.000173. The molecule has 0 fully saturated rings. The first-order valence-corrected chi connectivity index (χ1v) is 7.30. The van der Waals surface area contributed by atoms with Crippen LogP contribution in [0.2, 0.25) is 0 Å². The van der Waals surface area contributed by atoms with E-state index < -0.39 is 0 Å². The van der Waals surface area contributed by atoms with Gasteiger partial charge in [0.25, 0.3) is 0 Å². The molecule has 2 N–H and O–H groups in total. The third-order valence-corrected chi connectivity index (χ3v) is 3.23. The molecule has 20 heavy (non-hydrogen) atoms. The van der Waals surface area contributed by atoms with E-state index in [0.29, 0.717) is 0 Å². The first-order valence-electron chi connectivity index (χ1n) is 7.30. The predicted molar refractivity (Wildman–Crippen MR) is 83.3 cm³/mol. The van der Waals surface area contributed by atoms with Crippen LogP contribution < -0.4 is 10.6 Å². The van der Waals surface area contributed by atoms with E-state index in [9.17, 15) is 9.59 Å². The summed E-state index contributed by atoms with van der Waals surface area (Å²) in [6, 6.07) is 0. The quantitative estimate of drug-likeness (QED) is 0.504. The molecule has 0 aromatic rings. The molecule has 4 nitrogen and oxygen atoms in total. The Hall–Kier alpha value is -1.58. The highest BCUT2D eigenvalue weighted by Crippen LogP contribution is 2.09. The average molecular weight is 280 g/mol. The van der Waals surface area contributed by atoms with E-state index in [4.69, 9.17) is 0 Å². The van der Waals surface area contributed by atoms with E-state index in [-0.39, 0.29) is 11.8 Å². The highest BCUT2D eigenvalue weighted by Gasteiger charge is 2.00. The van der Waals surface area contributed by atoms with Gasteiger partial charge in [0.2, 0.25) is 11.8 Å². The Bertz CT molecular complexity index is 335. The minimum Gasteiger partial charge on any atom is -0.355 e. The number of hydrogen-bond acceptors (Lipinski definition) is 2. The van der Waals surface area contributed by atoms with Crippen molar-refractivity contribution in [2.75, 3.05) is 14.1 Å². The smallest absolute Gasteiger partial charge is 0.246 e. The number of carbonyl (C=O) groups excluding carboxylic acids is 2. The van der Waals surface area contributed by atoms with E-state index in [0.717, 1.165) is 49.7 Å². The zero-order chi connectivity index (χ0) is 15.4. The van der Waals surface area contributed by atoms with Gasteiger partial charge in [-0.2, -0.15) is 0 Å². The third kappa shape index (κ3) is 8.51. The molecule has 4 heteroatoms. The van der Waals surface area contributed by atoms with Gasteiger partial charge >= 0.3 is 0 Å². The third-order valence-electron chi connectivity index (χ3n) is 3.23. The van der Waals surface area contributed by atoms with Gasteiger partial charge in [-0.1, -0.05) is 25.0 Å². The van der Waals surface area contributed by atoms with Crippen LogP contribution in [0.25, 0.3) is 0 Å². The van der Waals surface area contributed by atoms with E-state index in [1.54, 1.807) is 14.1 Å². The normalized spacial score (nSPS) is 12.2. The van der Waals surface area contributed by atoms with E-state index in [2.05, 4.69) is 10.6 Å². The molecule has 0 rings (SSSR count). The number of unbranched alkanes of at least 4 members (excludes halogenated alkanes) is 5. The van der Waals surface area contributed by atoms with E-state index in [1.807, 2.05) is 26.0 Å². The van der Waals surface area contributed by atoms with Crippen molar-refractivity contribution in [1.82, 2.24) is 10.6 Å². The highest BCUT2D eigenvalue weighted by atomic mass is 16.2. The van der Waals surface area contributed by atoms with Crippen molar-refractivity contribution in [3.63, 3.8) is 0 Å². The van der Waals surface area contributed by atoms with Crippen molar-refractivity contribution < 1.29 is 9.59 Å². The van der Waals surface area contributed by atoms with Crippen LogP contribution in [0.15, 0.2) is 23.3 Å². The molecule has 114 valence electrons. The summed E-state index contributed by atoms with van der Waals surface area (Å²) in [5, 5.41) is 5.22. The fraction of sp³-hybridized carbons (Fsp3) is 0.625. The summed E-state index contributed by atoms with van der Waals surface area (Å²) >= 11 is 0. The van der Waals surface area contributed by atoms with Crippen molar-refractivity contribution in [2.45, 2.75) is 52.4 Å². The fourth-order valence-electron chi connectivity index (χ4n) is 1.86. The van der Waals surface area contributed by atoms with Crippen molar-refractivity contribution in [3.05, 3.63) is 23.3 Å². The maximum Gasteiger partial charge on any atom is 0.246 e. The second kappa shape index (κ2) is 11.3. The Kier molecular flexibility index (Phi) is 10.4. The van der Waals surface area contributed by atoms with Crippen LogP contribution in [-0.2, 0) is 9.59 Å². The largest absolute Gasteiger partial charge is 0.355 e. The summed E-state index contributed by atoms with van der Waals surface area (Å²) in [5.41, 5.74) is 1.58. The molecule has 0 aliphatic rings. The lowest BCUT2D eigenvalue weighted by molar-refractivity contribution is -0.117. The van der Waals surface area contributed by atoms with E-state index >= 15 is 0 Å². The number of allylic oxidation sites excluding steroid dienone is 2. The topological polar surface area (TPSA) is 58.2 Å². The van der Waals surface area contributed by atoms with Crippen molar-refractivity contribution in [2.24, 2.45) is 0 Å². The molecule has 0 radical (unpaired) electrons. The number of likely N-dealkylation sites (N-methyl/N-ethyl adjacent to an activating group) is 2. The van der Waals surface area contributed by atoms with Crippen LogP contribution in [0.5, 0.6) is 0 Å². The first kappa shape index (κ1) is 18.4. The van der Waals surface area contributed by atoms with Gasteiger partial charge in [0.05, 0.1) is 0 Å². The molecule has 0 saturated carbocycles. The molecule has 0 saturated heterocycles. The Balaban J connectivity index is 3.64. The maximum atomic E-state index is 11.2. The Labute approximate surface area is 122 Å². The molecule has 0 aromatic carbocycles. The number of hydrogen-bond donors (Lipinski definition) is 2. The van der Waals surface area contributed by atoms with Gasteiger partial charge in [0.15, 0.2) is 0 Å². The SMILES string of the molecule is CNC(=O)C(C)=CCCCCCCC=C(C)C(=O)NC. The van der Waals surface area contributed by atoms with Crippen LogP contribution >= 0.6 is 0 Å². The summed E-state index contributed by atoms with van der Waals surface area (Å²) in [5.74, 6) is -0.000346. The number of rotatable bonds is 9. The van der Waals surface area contributed by atoms with Gasteiger partial charge in [-0.25, -0.2) is 0 Å². The van der Waals surface area contributed by atoms with Gasteiger partial charge in [-0.3, -0.25) is 9.59 Å². The van der Waals surface area contributed by atoms with Crippen LogP contribution in [0, 0.1) is 0 Å². The van der Waals surface area contributed by atoms with Crippen LogP contribution in [0.3, 0.4) is 0 Å². The molecule has 0 aliphatic carbocycles. The molecular formula is C16H28N2O2. The standard InChI is InChI=1S/C16H28N2O2/c1-13(15(19)17-3)11-9-7-5-6-8-10-12-14(2)16(20)18-4/h11-12H,5-10H2,1-4H3,(H,17,19)(H,18,20). The lowest BCUT2D eigenvalue weighted by atomic mass is 10.1. The Morgan fingerprint density at radius 2 is 1.10 bits per heavy atom.